The number of amidine groups is 1. The van der Waals surface area contributed by atoms with Crippen LogP contribution in [-0.2, 0) is 14.4 Å². The summed E-state index contributed by atoms with van der Waals surface area (Å²) in [4.78, 5) is 27.2. The number of nitrogens with two attached hydrogens (primary N) is 2. The Balaban J connectivity index is 1.42. The van der Waals surface area contributed by atoms with Crippen LogP contribution in [0.4, 0.5) is 25.8 Å². The molecular weight excluding hydrogens is 562 g/mol. The average molecular weight is 599 g/mol. The molecule has 3 fully saturated rings. The van der Waals surface area contributed by atoms with Crippen LogP contribution in [0, 0.1) is 11.6 Å². The molecule has 5 rings (SSSR count). The number of ether oxygens (including phenoxy) is 2. The average Bonchev–Trinajstić information content (AvgIpc) is 3.45. The molecule has 0 aromatic heterocycles. The number of methoxy groups -OCH3 is 1. The maximum atomic E-state index is 14.6. The second-order valence-electron chi connectivity index (χ2n) is 10.3. The Morgan fingerprint density at radius 2 is 1.95 bits per heavy atom. The number of hydrazine groups is 1. The molecule has 14 heteroatoms. The van der Waals surface area contributed by atoms with E-state index in [2.05, 4.69) is 32.1 Å². The Morgan fingerprint density at radius 1 is 1.19 bits per heavy atom. The van der Waals surface area contributed by atoms with Crippen molar-refractivity contribution in [3.63, 3.8) is 0 Å². The molecule has 2 aromatic carbocycles. The summed E-state index contributed by atoms with van der Waals surface area (Å²) in [5.41, 5.74) is 10.7. The van der Waals surface area contributed by atoms with E-state index in [0.717, 1.165) is 51.1 Å². The topological polar surface area (TPSA) is 143 Å². The summed E-state index contributed by atoms with van der Waals surface area (Å²) in [5.74, 6) is 4.70. The fourth-order valence-corrected chi connectivity index (χ4v) is 5.36. The number of rotatable bonds is 10. The van der Waals surface area contributed by atoms with Gasteiger partial charge in [0.25, 0.3) is 0 Å². The van der Waals surface area contributed by atoms with Crippen LogP contribution in [0.25, 0.3) is 0 Å². The number of nitrogens with one attached hydrogen (secondary N) is 2. The Morgan fingerprint density at radius 3 is 2.58 bits per heavy atom. The summed E-state index contributed by atoms with van der Waals surface area (Å²) in [6.07, 6.45) is 3.06. The van der Waals surface area contributed by atoms with Gasteiger partial charge in [-0.15, -0.1) is 0 Å². The molecule has 0 saturated carbocycles. The molecular formula is C29H36F2N8O4. The van der Waals surface area contributed by atoms with Crippen molar-refractivity contribution in [2.24, 2.45) is 16.6 Å². The quantitative estimate of drug-likeness (QED) is 0.106. The molecule has 2 aromatic rings. The van der Waals surface area contributed by atoms with E-state index in [0.29, 0.717) is 29.6 Å². The third-order valence-corrected chi connectivity index (χ3v) is 7.68. The number of hydroxylamine groups is 2. The van der Waals surface area contributed by atoms with Crippen molar-refractivity contribution in [2.75, 3.05) is 63.3 Å². The van der Waals surface area contributed by atoms with Crippen LogP contribution in [-0.4, -0.2) is 80.9 Å². The van der Waals surface area contributed by atoms with Gasteiger partial charge in [-0.05, 0) is 18.2 Å². The van der Waals surface area contributed by atoms with E-state index < -0.39 is 17.7 Å². The lowest BCUT2D eigenvalue weighted by Crippen LogP contribution is -2.56. The second-order valence-corrected chi connectivity index (χ2v) is 10.3. The number of anilines is 2. The summed E-state index contributed by atoms with van der Waals surface area (Å²) in [7, 11) is 1.52. The highest BCUT2D eigenvalue weighted by Gasteiger charge is 2.32. The van der Waals surface area contributed by atoms with Crippen LogP contribution in [0.5, 0.6) is 5.75 Å². The molecule has 1 amide bonds. The lowest BCUT2D eigenvalue weighted by atomic mass is 10.0. The molecule has 12 nitrogen and oxygen atoms in total. The number of halogens is 2. The van der Waals surface area contributed by atoms with E-state index in [1.807, 2.05) is 6.07 Å². The van der Waals surface area contributed by atoms with Crippen molar-refractivity contribution < 1.29 is 27.9 Å². The maximum absolute atomic E-state index is 14.6. The van der Waals surface area contributed by atoms with Crippen LogP contribution in [0.15, 0.2) is 59.9 Å². The molecule has 6 N–H and O–H groups in total. The van der Waals surface area contributed by atoms with Gasteiger partial charge in [-0.1, -0.05) is 12.6 Å². The standard InChI is InChI=1S/C29H36F2N8O4/c1-3-29(40)35-22-13-23(26(41-2)14-25(22)38-9-7-37(8-10-38)19-16-42-17-19)34-27(32)15-28(36-33)39-24(6-11-43-39)20-5-4-18(30)12-21(20)31/h3-5,12-15,19,24,36H,1,6-11,16-17,33H2,2H3,(H2,32,34)(H,35,40)/b28-15+/t24-/m1/s1. The van der Waals surface area contributed by atoms with Gasteiger partial charge >= 0.3 is 0 Å². The van der Waals surface area contributed by atoms with E-state index in [-0.39, 0.29) is 29.7 Å². The highest BCUT2D eigenvalue weighted by molar-refractivity contribution is 6.02. The van der Waals surface area contributed by atoms with Gasteiger partial charge in [0.15, 0.2) is 0 Å². The monoisotopic (exact) mass is 598 g/mol. The Hall–Kier alpha value is -4.24. The van der Waals surface area contributed by atoms with Gasteiger partial charge < -0.3 is 30.8 Å². The number of piperazine rings is 1. The minimum absolute atomic E-state index is 0.0187. The number of carbonyl (C=O) groups excluding carboxylic acids is 1. The van der Waals surface area contributed by atoms with E-state index in [1.54, 1.807) is 6.07 Å². The number of hydrogen-bond donors (Lipinski definition) is 4. The first-order chi connectivity index (χ1) is 20.8. The van der Waals surface area contributed by atoms with Crippen molar-refractivity contribution in [1.82, 2.24) is 15.4 Å². The Bertz CT molecular complexity index is 1410. The summed E-state index contributed by atoms with van der Waals surface area (Å²) in [6, 6.07) is 6.75. The van der Waals surface area contributed by atoms with Gasteiger partial charge in [-0.3, -0.25) is 14.5 Å². The van der Waals surface area contributed by atoms with Crippen molar-refractivity contribution in [3.8, 4) is 5.75 Å². The van der Waals surface area contributed by atoms with E-state index in [4.69, 9.17) is 25.9 Å². The molecule has 3 heterocycles. The van der Waals surface area contributed by atoms with Crippen LogP contribution in [0.1, 0.15) is 18.0 Å². The maximum Gasteiger partial charge on any atom is 0.247 e. The van der Waals surface area contributed by atoms with Gasteiger partial charge in [-0.2, -0.15) is 0 Å². The lowest BCUT2D eigenvalue weighted by molar-refractivity contribution is -0.111. The van der Waals surface area contributed by atoms with Gasteiger partial charge in [-0.25, -0.2) is 24.7 Å². The van der Waals surface area contributed by atoms with Gasteiger partial charge in [0.1, 0.15) is 34.7 Å². The predicted octanol–water partition coefficient (Wildman–Crippen LogP) is 2.29. The molecule has 0 spiro atoms. The van der Waals surface area contributed by atoms with Crippen molar-refractivity contribution in [2.45, 2.75) is 18.5 Å². The number of hydrogen-bond acceptors (Lipinski definition) is 10. The molecule has 43 heavy (non-hydrogen) atoms. The first-order valence-electron chi connectivity index (χ1n) is 13.9. The SMILES string of the molecule is C=CC(=O)Nc1cc(N=C(N)/C=C(\NN)N2OCC[C@@H]2c2ccc(F)cc2F)c(OC)cc1N1CCN(C2COC2)CC1. The van der Waals surface area contributed by atoms with E-state index in [9.17, 15) is 13.6 Å². The van der Waals surface area contributed by atoms with Crippen LogP contribution in [0.2, 0.25) is 0 Å². The van der Waals surface area contributed by atoms with Crippen LogP contribution in [0.3, 0.4) is 0 Å². The second kappa shape index (κ2) is 13.4. The number of aliphatic imine (C=N–C) groups is 1. The first-order valence-corrected chi connectivity index (χ1v) is 13.9. The third kappa shape index (κ3) is 6.72. The summed E-state index contributed by atoms with van der Waals surface area (Å²) in [6.45, 7) is 8.58. The van der Waals surface area contributed by atoms with E-state index in [1.165, 1.54) is 36.5 Å². The molecule has 230 valence electrons. The number of nitrogens with zero attached hydrogens (tertiary/aromatic N) is 4. The lowest BCUT2D eigenvalue weighted by Gasteiger charge is -2.43. The van der Waals surface area contributed by atoms with E-state index >= 15 is 0 Å². The molecule has 1 atom stereocenters. The zero-order valence-electron chi connectivity index (χ0n) is 23.9. The fraction of sp³-hybridized carbons (Fsp3) is 0.379. The molecule has 0 aliphatic carbocycles. The van der Waals surface area contributed by atoms with Crippen molar-refractivity contribution in [1.29, 1.82) is 0 Å². The number of benzene rings is 2. The fourth-order valence-electron chi connectivity index (χ4n) is 5.36. The van der Waals surface area contributed by atoms with Crippen molar-refractivity contribution in [3.05, 3.63) is 72.1 Å². The molecule has 0 unspecified atom stereocenters. The van der Waals surface area contributed by atoms with Crippen molar-refractivity contribution >= 4 is 28.8 Å². The van der Waals surface area contributed by atoms with Gasteiger partial charge in [0.2, 0.25) is 5.91 Å². The molecule has 3 aliphatic rings. The minimum Gasteiger partial charge on any atom is -0.494 e. The predicted molar refractivity (Wildman–Crippen MR) is 158 cm³/mol. The van der Waals surface area contributed by atoms with Crippen LogP contribution >= 0.6 is 0 Å². The zero-order chi connectivity index (χ0) is 30.5. The molecule has 0 bridgehead atoms. The molecule has 3 aliphatic heterocycles. The van der Waals surface area contributed by atoms with Gasteiger partial charge in [0, 0.05) is 56.4 Å². The Labute approximate surface area is 248 Å². The van der Waals surface area contributed by atoms with Gasteiger partial charge in [0.05, 0.1) is 50.4 Å². The summed E-state index contributed by atoms with van der Waals surface area (Å²) in [5, 5.41) is 4.25. The highest BCUT2D eigenvalue weighted by atomic mass is 19.1. The first kappa shape index (κ1) is 30.2. The summed E-state index contributed by atoms with van der Waals surface area (Å²) < 4.78 is 39.1. The zero-order valence-corrected chi connectivity index (χ0v) is 23.9. The molecule has 0 radical (unpaired) electrons. The Kier molecular flexibility index (Phi) is 9.40. The largest absolute Gasteiger partial charge is 0.494 e. The number of amides is 1. The normalized spacial score (nSPS) is 20.1. The third-order valence-electron chi connectivity index (χ3n) is 7.68. The minimum atomic E-state index is -0.698. The van der Waals surface area contributed by atoms with Crippen LogP contribution < -0.4 is 32.0 Å². The number of carbonyl (C=O) groups is 1. The smallest absolute Gasteiger partial charge is 0.247 e. The highest BCUT2D eigenvalue weighted by Crippen LogP contribution is 2.40. The molecule has 3 saturated heterocycles. The summed E-state index contributed by atoms with van der Waals surface area (Å²) >= 11 is 0.